The van der Waals surface area contributed by atoms with Gasteiger partial charge in [-0.2, -0.15) is 0 Å². The van der Waals surface area contributed by atoms with Gasteiger partial charge in [0.15, 0.2) is 0 Å². The molecular weight excluding hydrogens is 422 g/mol. The predicted octanol–water partition coefficient (Wildman–Crippen LogP) is 5.67. The summed E-state index contributed by atoms with van der Waals surface area (Å²) in [5.74, 6) is 6.12. The first-order valence-corrected chi connectivity index (χ1v) is 11.3. The van der Waals surface area contributed by atoms with Crippen LogP contribution in [0.25, 0.3) is 10.8 Å². The van der Waals surface area contributed by atoms with Crippen molar-refractivity contribution in [1.82, 2.24) is 4.98 Å². The van der Waals surface area contributed by atoms with Crippen LogP contribution in [0, 0.1) is 11.8 Å². The minimum Gasteiger partial charge on any atom is -0.456 e. The molecule has 0 atom stereocenters. The van der Waals surface area contributed by atoms with Crippen molar-refractivity contribution in [3.8, 4) is 11.8 Å². The Kier molecular flexibility index (Phi) is 6.65. The van der Waals surface area contributed by atoms with Crippen LogP contribution in [0.5, 0.6) is 0 Å². The molecule has 0 aliphatic rings. The standard InChI is InChI=1S/C30H27NO3/c1-30(2,3)34-29(33)24-15-12-23(13-16-24)19-27-26-18-22(14-17-25(26)20-28(32)31-27)11-7-10-21-8-5-4-6-9-21/h4-6,8-9,12-18,20H,10,19H2,1-3H3,(H,31,32). The van der Waals surface area contributed by atoms with E-state index in [2.05, 4.69) is 29.0 Å². The van der Waals surface area contributed by atoms with Crippen molar-refractivity contribution in [2.24, 2.45) is 0 Å². The molecule has 1 aromatic heterocycles. The van der Waals surface area contributed by atoms with Gasteiger partial charge in [0.25, 0.3) is 0 Å². The minimum atomic E-state index is -0.542. The molecule has 0 fully saturated rings. The van der Waals surface area contributed by atoms with E-state index in [9.17, 15) is 9.59 Å². The van der Waals surface area contributed by atoms with E-state index in [1.54, 1.807) is 18.2 Å². The fourth-order valence-electron chi connectivity index (χ4n) is 3.70. The molecule has 0 spiro atoms. The molecule has 4 heteroatoms. The summed E-state index contributed by atoms with van der Waals surface area (Å²) in [4.78, 5) is 27.5. The maximum atomic E-state index is 12.3. The molecular formula is C30H27NO3. The van der Waals surface area contributed by atoms with Crippen molar-refractivity contribution in [1.29, 1.82) is 0 Å². The first kappa shape index (κ1) is 23.1. The van der Waals surface area contributed by atoms with Gasteiger partial charge in [-0.15, -0.1) is 0 Å². The molecule has 0 amide bonds. The van der Waals surface area contributed by atoms with Crippen LogP contribution >= 0.6 is 0 Å². The third kappa shape index (κ3) is 6.02. The van der Waals surface area contributed by atoms with Gasteiger partial charge >= 0.3 is 5.97 Å². The van der Waals surface area contributed by atoms with Crippen molar-refractivity contribution < 1.29 is 9.53 Å². The summed E-state index contributed by atoms with van der Waals surface area (Å²) in [6, 6.07) is 24.9. The summed E-state index contributed by atoms with van der Waals surface area (Å²) in [6.45, 7) is 5.53. The molecule has 4 nitrogen and oxygen atoms in total. The molecule has 0 radical (unpaired) electrons. The second-order valence-corrected chi connectivity index (χ2v) is 9.25. The number of hydrogen-bond donors (Lipinski definition) is 1. The fraction of sp³-hybridized carbons (Fsp3) is 0.200. The lowest BCUT2D eigenvalue weighted by atomic mass is 10.0. The van der Waals surface area contributed by atoms with E-state index in [0.29, 0.717) is 18.4 Å². The lowest BCUT2D eigenvalue weighted by Gasteiger charge is -2.19. The van der Waals surface area contributed by atoms with Crippen LogP contribution in [-0.4, -0.2) is 16.6 Å². The third-order valence-electron chi connectivity index (χ3n) is 5.28. The van der Waals surface area contributed by atoms with Gasteiger partial charge in [0.2, 0.25) is 5.56 Å². The summed E-state index contributed by atoms with van der Waals surface area (Å²) in [5, 5.41) is 1.83. The summed E-state index contributed by atoms with van der Waals surface area (Å²) in [7, 11) is 0. The molecule has 170 valence electrons. The van der Waals surface area contributed by atoms with Crippen LogP contribution in [0.15, 0.2) is 83.7 Å². The Labute approximate surface area is 199 Å². The average Bonchev–Trinajstić information content (AvgIpc) is 2.79. The summed E-state index contributed by atoms with van der Waals surface area (Å²) in [6.07, 6.45) is 1.21. The molecule has 1 heterocycles. The summed E-state index contributed by atoms with van der Waals surface area (Å²) >= 11 is 0. The van der Waals surface area contributed by atoms with Crippen LogP contribution in [0.2, 0.25) is 0 Å². The van der Waals surface area contributed by atoms with Crippen LogP contribution in [0.3, 0.4) is 0 Å². The molecule has 0 aliphatic heterocycles. The SMILES string of the molecule is CC(C)(C)OC(=O)c1ccc(Cc2[nH]c(=O)cc3ccc(C#CCc4ccccc4)cc23)cc1. The second kappa shape index (κ2) is 9.80. The molecule has 1 N–H and O–H groups in total. The molecule has 3 aromatic carbocycles. The topological polar surface area (TPSA) is 59.2 Å². The molecule has 4 rings (SSSR count). The number of carbonyl (C=O) groups is 1. The first-order chi connectivity index (χ1) is 16.3. The number of hydrogen-bond acceptors (Lipinski definition) is 3. The number of fused-ring (bicyclic) bond motifs is 1. The molecule has 0 unspecified atom stereocenters. The quantitative estimate of drug-likeness (QED) is 0.323. The van der Waals surface area contributed by atoms with Gasteiger partial charge in [0, 0.05) is 35.6 Å². The molecule has 0 aliphatic carbocycles. The van der Waals surface area contributed by atoms with E-state index < -0.39 is 5.60 Å². The maximum absolute atomic E-state index is 12.3. The van der Waals surface area contributed by atoms with E-state index in [1.165, 1.54) is 5.56 Å². The average molecular weight is 450 g/mol. The number of esters is 1. The normalized spacial score (nSPS) is 11.0. The van der Waals surface area contributed by atoms with Gasteiger partial charge in [-0.05, 0) is 61.5 Å². The second-order valence-electron chi connectivity index (χ2n) is 9.25. The van der Waals surface area contributed by atoms with E-state index in [1.807, 2.05) is 69.3 Å². The van der Waals surface area contributed by atoms with Crippen molar-refractivity contribution in [3.05, 3.63) is 117 Å². The molecule has 34 heavy (non-hydrogen) atoms. The van der Waals surface area contributed by atoms with Crippen molar-refractivity contribution in [2.45, 2.75) is 39.2 Å². The highest BCUT2D eigenvalue weighted by Gasteiger charge is 2.17. The number of pyridine rings is 1. The smallest absolute Gasteiger partial charge is 0.338 e. The molecule has 4 aromatic rings. The van der Waals surface area contributed by atoms with Gasteiger partial charge in [0.05, 0.1) is 5.56 Å². The minimum absolute atomic E-state index is 0.143. The summed E-state index contributed by atoms with van der Waals surface area (Å²) in [5.41, 5.74) is 3.69. The third-order valence-corrected chi connectivity index (χ3v) is 5.28. The number of ether oxygens (including phenoxy) is 1. The number of aromatic nitrogens is 1. The maximum Gasteiger partial charge on any atom is 0.338 e. The fourth-order valence-corrected chi connectivity index (χ4v) is 3.70. The Morgan fingerprint density at radius 2 is 1.65 bits per heavy atom. The molecule has 0 saturated heterocycles. The summed E-state index contributed by atoms with van der Waals surface area (Å²) < 4.78 is 5.43. The van der Waals surface area contributed by atoms with Gasteiger partial charge in [-0.25, -0.2) is 4.79 Å². The lowest BCUT2D eigenvalue weighted by molar-refractivity contribution is 0.00695. The first-order valence-electron chi connectivity index (χ1n) is 11.3. The molecule has 0 saturated carbocycles. The van der Waals surface area contributed by atoms with E-state index >= 15 is 0 Å². The Balaban J connectivity index is 1.58. The van der Waals surface area contributed by atoms with Gasteiger partial charge in [0.1, 0.15) is 5.60 Å². The zero-order valence-corrected chi connectivity index (χ0v) is 19.6. The number of nitrogens with one attached hydrogen (secondary N) is 1. The highest BCUT2D eigenvalue weighted by molar-refractivity contribution is 5.90. The number of carbonyl (C=O) groups excluding carboxylic acids is 1. The number of aromatic amines is 1. The van der Waals surface area contributed by atoms with Crippen LogP contribution in [-0.2, 0) is 17.6 Å². The van der Waals surface area contributed by atoms with Gasteiger partial charge in [-0.3, -0.25) is 4.79 Å². The monoisotopic (exact) mass is 449 g/mol. The highest BCUT2D eigenvalue weighted by Crippen LogP contribution is 2.21. The van der Waals surface area contributed by atoms with E-state index in [-0.39, 0.29) is 11.5 Å². The number of rotatable bonds is 4. The highest BCUT2D eigenvalue weighted by atomic mass is 16.6. The number of benzene rings is 3. The lowest BCUT2D eigenvalue weighted by Crippen LogP contribution is -2.23. The van der Waals surface area contributed by atoms with Crippen LogP contribution in [0.4, 0.5) is 0 Å². The van der Waals surface area contributed by atoms with Crippen molar-refractivity contribution in [2.75, 3.05) is 0 Å². The van der Waals surface area contributed by atoms with Crippen LogP contribution < -0.4 is 5.56 Å². The molecule has 0 bridgehead atoms. The Hall–Kier alpha value is -4.10. The van der Waals surface area contributed by atoms with Crippen LogP contribution in [0.1, 0.15) is 53.5 Å². The number of H-pyrrole nitrogens is 1. The van der Waals surface area contributed by atoms with Crippen molar-refractivity contribution in [3.63, 3.8) is 0 Å². The zero-order valence-electron chi connectivity index (χ0n) is 19.6. The predicted molar refractivity (Wildman–Crippen MR) is 136 cm³/mol. The Morgan fingerprint density at radius 3 is 2.35 bits per heavy atom. The zero-order chi connectivity index (χ0) is 24.1. The van der Waals surface area contributed by atoms with Crippen molar-refractivity contribution >= 4 is 16.7 Å². The van der Waals surface area contributed by atoms with E-state index in [4.69, 9.17) is 4.74 Å². The van der Waals surface area contributed by atoms with Gasteiger partial charge < -0.3 is 9.72 Å². The van der Waals surface area contributed by atoms with Gasteiger partial charge in [-0.1, -0.05) is 60.4 Å². The Bertz CT molecular complexity index is 1430. The largest absolute Gasteiger partial charge is 0.456 e. The van der Waals surface area contributed by atoms with E-state index in [0.717, 1.165) is 27.6 Å². The Morgan fingerprint density at radius 1 is 0.912 bits per heavy atom.